The molecule has 2 heterocycles. The molecule has 0 amide bonds. The van der Waals surface area contributed by atoms with Gasteiger partial charge in [0.05, 0.1) is 17.4 Å². The number of nitrogens with zero attached hydrogens (tertiary/aromatic N) is 2. The maximum atomic E-state index is 12.3. The summed E-state index contributed by atoms with van der Waals surface area (Å²) >= 11 is 0. The van der Waals surface area contributed by atoms with Gasteiger partial charge in [0.2, 0.25) is 10.0 Å². The van der Waals surface area contributed by atoms with Crippen LogP contribution in [0.25, 0.3) is 22.2 Å². The Hall–Kier alpha value is -2.82. The summed E-state index contributed by atoms with van der Waals surface area (Å²) < 4.78 is 68.3. The number of benzene rings is 1. The van der Waals surface area contributed by atoms with E-state index in [2.05, 4.69) is 4.98 Å². The maximum absolute atomic E-state index is 12.3. The zero-order valence-electron chi connectivity index (χ0n) is 13.2. The Morgan fingerprint density at radius 3 is 2.62 bits per heavy atom. The van der Waals surface area contributed by atoms with E-state index in [0.29, 0.717) is 22.2 Å². The number of halogens is 3. The molecule has 0 saturated heterocycles. The lowest BCUT2D eigenvalue weighted by molar-refractivity contribution is -0.106. The first-order chi connectivity index (χ1) is 12.0. The monoisotopic (exact) mass is 387 g/mol. The topological polar surface area (TPSA) is 94.2 Å². The molecular formula is C15H12F3N3O4S. The molecule has 1 N–H and O–H groups in total. The fourth-order valence-corrected chi connectivity index (χ4v) is 3.36. The van der Waals surface area contributed by atoms with Gasteiger partial charge in [-0.2, -0.15) is 13.2 Å². The number of anilines is 1. The number of hydrogen-bond donors (Lipinski definition) is 1. The highest BCUT2D eigenvalue weighted by molar-refractivity contribution is 7.92. The standard InChI is InChI=1S/C15H12F3N3O4S/c1-21-12-5-9(2-3-13(12)25-14(21)22)10-4-11(7-19-6-10)20-26(23,24)8-15(16,17)18/h2-7,20H,8H2,1H3. The number of hydrogen-bond acceptors (Lipinski definition) is 5. The molecule has 11 heteroatoms. The quantitative estimate of drug-likeness (QED) is 0.742. The van der Waals surface area contributed by atoms with Crippen LogP contribution in [0.5, 0.6) is 0 Å². The number of fused-ring (bicyclic) bond motifs is 1. The Morgan fingerprint density at radius 2 is 1.92 bits per heavy atom. The molecule has 2 aromatic heterocycles. The maximum Gasteiger partial charge on any atom is 0.419 e. The second-order valence-corrected chi connectivity index (χ2v) is 7.27. The molecule has 0 unspecified atom stereocenters. The highest BCUT2D eigenvalue weighted by atomic mass is 32.2. The molecule has 0 bridgehead atoms. The Labute approximate surface area is 145 Å². The summed E-state index contributed by atoms with van der Waals surface area (Å²) in [7, 11) is -3.08. The van der Waals surface area contributed by atoms with E-state index in [0.717, 1.165) is 6.20 Å². The van der Waals surface area contributed by atoms with Crippen molar-refractivity contribution in [3.05, 3.63) is 47.2 Å². The van der Waals surface area contributed by atoms with Gasteiger partial charge in [-0.25, -0.2) is 13.2 Å². The number of rotatable bonds is 4. The van der Waals surface area contributed by atoms with Crippen molar-refractivity contribution in [2.24, 2.45) is 7.05 Å². The Morgan fingerprint density at radius 1 is 1.19 bits per heavy atom. The molecule has 26 heavy (non-hydrogen) atoms. The van der Waals surface area contributed by atoms with E-state index in [-0.39, 0.29) is 5.69 Å². The van der Waals surface area contributed by atoms with Crippen molar-refractivity contribution in [3.63, 3.8) is 0 Å². The number of sulfonamides is 1. The summed E-state index contributed by atoms with van der Waals surface area (Å²) in [6.07, 6.45) is -2.33. The van der Waals surface area contributed by atoms with Gasteiger partial charge in [0, 0.05) is 18.8 Å². The fraction of sp³-hybridized carbons (Fsp3) is 0.200. The SMILES string of the molecule is Cn1c(=O)oc2ccc(-c3cncc(NS(=O)(=O)CC(F)(F)F)c3)cc21. The zero-order valence-corrected chi connectivity index (χ0v) is 14.1. The number of alkyl halides is 3. The lowest BCUT2D eigenvalue weighted by atomic mass is 10.1. The van der Waals surface area contributed by atoms with Crippen molar-refractivity contribution in [1.82, 2.24) is 9.55 Å². The van der Waals surface area contributed by atoms with Crippen molar-refractivity contribution in [2.75, 3.05) is 10.5 Å². The van der Waals surface area contributed by atoms with Gasteiger partial charge in [-0.3, -0.25) is 14.3 Å². The van der Waals surface area contributed by atoms with Gasteiger partial charge >= 0.3 is 11.9 Å². The van der Waals surface area contributed by atoms with Gasteiger partial charge in [0.15, 0.2) is 11.3 Å². The van der Waals surface area contributed by atoms with Crippen LogP contribution >= 0.6 is 0 Å². The van der Waals surface area contributed by atoms with Crippen LogP contribution in [0.3, 0.4) is 0 Å². The normalized spacial score (nSPS) is 12.5. The van der Waals surface area contributed by atoms with Crippen LogP contribution in [0.1, 0.15) is 0 Å². The summed E-state index contributed by atoms with van der Waals surface area (Å²) in [5, 5.41) is 0. The van der Waals surface area contributed by atoms with Crippen molar-refractivity contribution in [1.29, 1.82) is 0 Å². The zero-order chi connectivity index (χ0) is 19.1. The van der Waals surface area contributed by atoms with E-state index in [1.807, 2.05) is 4.72 Å². The molecule has 0 radical (unpaired) electrons. The van der Waals surface area contributed by atoms with Gasteiger partial charge in [0.1, 0.15) is 0 Å². The molecule has 3 rings (SSSR count). The summed E-state index contributed by atoms with van der Waals surface area (Å²) in [5.74, 6) is -2.53. The summed E-state index contributed by atoms with van der Waals surface area (Å²) in [5.41, 5.74) is 1.81. The van der Waals surface area contributed by atoms with Crippen LogP contribution in [0.4, 0.5) is 18.9 Å². The van der Waals surface area contributed by atoms with Crippen molar-refractivity contribution >= 4 is 26.8 Å². The lowest BCUT2D eigenvalue weighted by Crippen LogP contribution is -2.27. The minimum absolute atomic E-state index is 0.104. The molecule has 0 aliphatic carbocycles. The van der Waals surface area contributed by atoms with Crippen molar-refractivity contribution in [3.8, 4) is 11.1 Å². The molecule has 0 spiro atoms. The predicted octanol–water partition coefficient (Wildman–Crippen LogP) is 2.50. The highest BCUT2D eigenvalue weighted by Crippen LogP contribution is 2.26. The van der Waals surface area contributed by atoms with Crippen LogP contribution in [-0.4, -0.2) is 29.9 Å². The van der Waals surface area contributed by atoms with Gasteiger partial charge in [-0.05, 0) is 23.8 Å². The molecule has 0 aliphatic heterocycles. The Balaban J connectivity index is 1.95. The minimum Gasteiger partial charge on any atom is -0.408 e. The molecule has 3 aromatic rings. The molecule has 138 valence electrons. The van der Waals surface area contributed by atoms with E-state index in [9.17, 15) is 26.4 Å². The first-order valence-corrected chi connectivity index (χ1v) is 8.81. The van der Waals surface area contributed by atoms with E-state index in [1.54, 1.807) is 18.2 Å². The fourth-order valence-electron chi connectivity index (χ4n) is 2.39. The second kappa shape index (κ2) is 6.16. The van der Waals surface area contributed by atoms with Gasteiger partial charge < -0.3 is 4.42 Å². The van der Waals surface area contributed by atoms with Gasteiger partial charge in [0.25, 0.3) is 0 Å². The molecule has 0 aliphatic rings. The smallest absolute Gasteiger partial charge is 0.408 e. The Bertz CT molecular complexity index is 1130. The van der Waals surface area contributed by atoms with E-state index in [4.69, 9.17) is 4.42 Å². The van der Waals surface area contributed by atoms with Crippen molar-refractivity contribution < 1.29 is 26.0 Å². The number of oxazole rings is 1. The van der Waals surface area contributed by atoms with Crippen LogP contribution in [0.2, 0.25) is 0 Å². The predicted molar refractivity (Wildman–Crippen MR) is 88.2 cm³/mol. The highest BCUT2D eigenvalue weighted by Gasteiger charge is 2.35. The third kappa shape index (κ3) is 3.87. The number of aromatic nitrogens is 2. The first-order valence-electron chi connectivity index (χ1n) is 7.16. The average Bonchev–Trinajstić information content (AvgIpc) is 2.79. The summed E-state index contributed by atoms with van der Waals surface area (Å²) in [6.45, 7) is 0. The lowest BCUT2D eigenvalue weighted by Gasteiger charge is -2.11. The van der Waals surface area contributed by atoms with E-state index in [1.165, 1.54) is 23.9 Å². The number of pyridine rings is 1. The van der Waals surface area contributed by atoms with Crippen LogP contribution in [-0.2, 0) is 17.1 Å². The molecule has 0 saturated carbocycles. The Kier molecular flexibility index (Phi) is 4.26. The van der Waals surface area contributed by atoms with Crippen LogP contribution < -0.4 is 10.5 Å². The summed E-state index contributed by atoms with van der Waals surface area (Å²) in [6, 6.07) is 6.16. The van der Waals surface area contributed by atoms with Crippen LogP contribution in [0, 0.1) is 0 Å². The molecular weight excluding hydrogens is 375 g/mol. The van der Waals surface area contributed by atoms with Gasteiger partial charge in [-0.1, -0.05) is 6.07 Å². The third-order valence-corrected chi connectivity index (χ3v) is 4.74. The molecule has 7 nitrogen and oxygen atoms in total. The largest absolute Gasteiger partial charge is 0.419 e. The number of nitrogens with one attached hydrogen (secondary N) is 1. The minimum atomic E-state index is -4.85. The van der Waals surface area contributed by atoms with E-state index >= 15 is 0 Å². The van der Waals surface area contributed by atoms with Crippen molar-refractivity contribution in [2.45, 2.75) is 6.18 Å². The molecule has 0 atom stereocenters. The molecule has 1 aromatic carbocycles. The second-order valence-electron chi connectivity index (χ2n) is 5.55. The van der Waals surface area contributed by atoms with Gasteiger partial charge in [-0.15, -0.1) is 0 Å². The third-order valence-electron chi connectivity index (χ3n) is 3.49. The number of aryl methyl sites for hydroxylation is 1. The average molecular weight is 387 g/mol. The van der Waals surface area contributed by atoms with Crippen LogP contribution in [0.15, 0.2) is 45.9 Å². The molecule has 0 fully saturated rings. The first kappa shape index (κ1) is 18.0. The summed E-state index contributed by atoms with van der Waals surface area (Å²) in [4.78, 5) is 15.4. The van der Waals surface area contributed by atoms with E-state index < -0.39 is 27.7 Å².